The molecule has 0 saturated carbocycles. The summed E-state index contributed by atoms with van der Waals surface area (Å²) in [7, 11) is -3.64. The average Bonchev–Trinajstić information content (AvgIpc) is 2.78. The molecule has 1 atom stereocenters. The SMILES string of the molecule is CC(=O)Nc1ccc(CN2CCCC3(CNS(=O)(=O)c4cccnc4O3)C2)cc1. The van der Waals surface area contributed by atoms with Crippen LogP contribution < -0.4 is 14.8 Å². The number of pyridine rings is 1. The maximum atomic E-state index is 12.5. The Labute approximate surface area is 170 Å². The van der Waals surface area contributed by atoms with Crippen molar-refractivity contribution in [2.75, 3.05) is 25.0 Å². The second kappa shape index (κ2) is 7.74. The summed E-state index contributed by atoms with van der Waals surface area (Å²) in [6.07, 6.45) is 3.20. The van der Waals surface area contributed by atoms with E-state index in [-0.39, 0.29) is 23.2 Å². The lowest BCUT2D eigenvalue weighted by molar-refractivity contribution is -0.114. The van der Waals surface area contributed by atoms with E-state index in [1.54, 1.807) is 12.3 Å². The minimum absolute atomic E-state index is 0.0857. The first kappa shape index (κ1) is 19.8. The maximum Gasteiger partial charge on any atom is 0.246 e. The van der Waals surface area contributed by atoms with E-state index >= 15 is 0 Å². The molecule has 2 N–H and O–H groups in total. The largest absolute Gasteiger partial charge is 0.467 e. The summed E-state index contributed by atoms with van der Waals surface area (Å²) in [5.41, 5.74) is 1.23. The minimum Gasteiger partial charge on any atom is -0.467 e. The monoisotopic (exact) mass is 416 g/mol. The number of sulfonamides is 1. The van der Waals surface area contributed by atoms with Gasteiger partial charge in [-0.3, -0.25) is 9.69 Å². The van der Waals surface area contributed by atoms with Gasteiger partial charge in [0.05, 0.1) is 6.54 Å². The Hall–Kier alpha value is -2.49. The van der Waals surface area contributed by atoms with Crippen molar-refractivity contribution in [1.29, 1.82) is 0 Å². The van der Waals surface area contributed by atoms with Crippen molar-refractivity contribution in [3.63, 3.8) is 0 Å². The van der Waals surface area contributed by atoms with Crippen LogP contribution in [0.3, 0.4) is 0 Å². The molecule has 29 heavy (non-hydrogen) atoms. The third-order valence-corrected chi connectivity index (χ3v) is 6.64. The summed E-state index contributed by atoms with van der Waals surface area (Å²) in [5.74, 6) is 0.0663. The molecule has 1 amide bonds. The lowest BCUT2D eigenvalue weighted by Gasteiger charge is -2.41. The molecular formula is C20H24N4O4S. The first-order valence-corrected chi connectivity index (χ1v) is 11.1. The fraction of sp³-hybridized carbons (Fsp3) is 0.400. The number of ether oxygens (including phenoxy) is 1. The van der Waals surface area contributed by atoms with Crippen LogP contribution in [-0.4, -0.2) is 49.4 Å². The van der Waals surface area contributed by atoms with Gasteiger partial charge in [-0.15, -0.1) is 0 Å². The fourth-order valence-corrected chi connectivity index (χ4v) is 5.10. The topological polar surface area (TPSA) is 101 Å². The summed E-state index contributed by atoms with van der Waals surface area (Å²) in [5, 5.41) is 2.76. The van der Waals surface area contributed by atoms with Gasteiger partial charge in [0.1, 0.15) is 10.5 Å². The van der Waals surface area contributed by atoms with E-state index < -0.39 is 15.6 Å². The highest BCUT2D eigenvalue weighted by atomic mass is 32.2. The first-order chi connectivity index (χ1) is 13.9. The number of piperidine rings is 1. The van der Waals surface area contributed by atoms with E-state index in [4.69, 9.17) is 4.74 Å². The molecule has 1 saturated heterocycles. The van der Waals surface area contributed by atoms with E-state index in [9.17, 15) is 13.2 Å². The van der Waals surface area contributed by atoms with Gasteiger partial charge in [-0.05, 0) is 49.2 Å². The Bertz CT molecular complexity index is 1010. The van der Waals surface area contributed by atoms with Crippen LogP contribution in [0.2, 0.25) is 0 Å². The standard InChI is InChI=1S/C20H24N4O4S/c1-15(25)23-17-7-5-16(6-8-17)12-24-11-3-9-20(14-24)13-22-29(26,27)18-4-2-10-21-19(18)28-20/h2,4-8,10,22H,3,9,11-14H2,1H3,(H,23,25). The van der Waals surface area contributed by atoms with Gasteiger partial charge in [0.25, 0.3) is 0 Å². The third-order valence-electron chi connectivity index (χ3n) is 5.22. The number of anilines is 1. The molecule has 8 nitrogen and oxygen atoms in total. The van der Waals surface area contributed by atoms with Crippen LogP contribution in [0, 0.1) is 0 Å². The summed E-state index contributed by atoms with van der Waals surface area (Å²) >= 11 is 0. The molecule has 9 heteroatoms. The van der Waals surface area contributed by atoms with Crippen molar-refractivity contribution in [3.05, 3.63) is 48.2 Å². The summed E-state index contributed by atoms with van der Waals surface area (Å²) in [6.45, 7) is 3.91. The zero-order chi connectivity index (χ0) is 20.5. The molecule has 0 aliphatic carbocycles. The molecule has 1 spiro atoms. The zero-order valence-electron chi connectivity index (χ0n) is 16.2. The second-order valence-corrected chi connectivity index (χ2v) is 9.34. The summed E-state index contributed by atoms with van der Waals surface area (Å²) < 4.78 is 33.9. The van der Waals surface area contributed by atoms with Gasteiger partial charge in [-0.1, -0.05) is 12.1 Å². The number of rotatable bonds is 3. The van der Waals surface area contributed by atoms with Gasteiger partial charge in [-0.25, -0.2) is 18.1 Å². The van der Waals surface area contributed by atoms with Crippen LogP contribution in [0.5, 0.6) is 5.88 Å². The molecule has 1 aromatic carbocycles. The van der Waals surface area contributed by atoms with Crippen molar-refractivity contribution < 1.29 is 17.9 Å². The van der Waals surface area contributed by atoms with E-state index in [1.807, 2.05) is 24.3 Å². The highest BCUT2D eigenvalue weighted by Crippen LogP contribution is 2.33. The Kier molecular flexibility index (Phi) is 5.28. The van der Waals surface area contributed by atoms with Crippen molar-refractivity contribution in [3.8, 4) is 5.88 Å². The molecular weight excluding hydrogens is 392 g/mol. The molecule has 1 fully saturated rings. The highest BCUT2D eigenvalue weighted by Gasteiger charge is 2.42. The average molecular weight is 417 g/mol. The number of carbonyl (C=O) groups is 1. The number of carbonyl (C=O) groups excluding carboxylic acids is 1. The Morgan fingerprint density at radius 1 is 1.31 bits per heavy atom. The quantitative estimate of drug-likeness (QED) is 0.791. The normalized spacial score (nSPS) is 23.6. The van der Waals surface area contributed by atoms with E-state index in [0.29, 0.717) is 13.1 Å². The molecule has 2 aromatic rings. The van der Waals surface area contributed by atoms with Crippen LogP contribution in [0.15, 0.2) is 47.5 Å². The Morgan fingerprint density at radius 2 is 2.10 bits per heavy atom. The Morgan fingerprint density at radius 3 is 2.86 bits per heavy atom. The summed E-state index contributed by atoms with van der Waals surface area (Å²) in [6, 6.07) is 10.8. The number of nitrogens with zero attached hydrogens (tertiary/aromatic N) is 2. The zero-order valence-corrected chi connectivity index (χ0v) is 17.0. The third kappa shape index (κ3) is 4.42. The van der Waals surface area contributed by atoms with Crippen molar-refractivity contribution in [1.82, 2.24) is 14.6 Å². The predicted molar refractivity (Wildman–Crippen MR) is 108 cm³/mol. The number of aromatic nitrogens is 1. The second-order valence-electron chi connectivity index (χ2n) is 7.61. The van der Waals surface area contributed by atoms with Gasteiger partial charge in [-0.2, -0.15) is 0 Å². The minimum atomic E-state index is -3.64. The van der Waals surface area contributed by atoms with Crippen LogP contribution in [0.1, 0.15) is 25.3 Å². The summed E-state index contributed by atoms with van der Waals surface area (Å²) in [4.78, 5) is 17.7. The van der Waals surface area contributed by atoms with Crippen molar-refractivity contribution in [2.45, 2.75) is 36.8 Å². The van der Waals surface area contributed by atoms with Crippen LogP contribution >= 0.6 is 0 Å². The van der Waals surface area contributed by atoms with Gasteiger partial charge in [0, 0.05) is 31.9 Å². The Balaban J connectivity index is 1.50. The van der Waals surface area contributed by atoms with Gasteiger partial charge < -0.3 is 10.1 Å². The molecule has 4 rings (SSSR count). The number of hydrogen-bond donors (Lipinski definition) is 2. The lowest BCUT2D eigenvalue weighted by atomic mass is 9.92. The number of benzene rings is 1. The predicted octanol–water partition coefficient (Wildman–Crippen LogP) is 1.75. The molecule has 2 aliphatic rings. The number of amides is 1. The molecule has 1 unspecified atom stereocenters. The van der Waals surface area contributed by atoms with E-state index in [2.05, 4.69) is 19.9 Å². The molecule has 1 aromatic heterocycles. The fourth-order valence-electron chi connectivity index (χ4n) is 3.91. The molecule has 0 bridgehead atoms. The van der Waals surface area contributed by atoms with Crippen molar-refractivity contribution in [2.24, 2.45) is 0 Å². The number of hydrogen-bond acceptors (Lipinski definition) is 6. The van der Waals surface area contributed by atoms with Gasteiger partial charge in [0.2, 0.25) is 21.8 Å². The van der Waals surface area contributed by atoms with E-state index in [0.717, 1.165) is 30.6 Å². The first-order valence-electron chi connectivity index (χ1n) is 9.58. The molecule has 2 aliphatic heterocycles. The van der Waals surface area contributed by atoms with Crippen LogP contribution in [0.4, 0.5) is 5.69 Å². The molecule has 0 radical (unpaired) electrons. The van der Waals surface area contributed by atoms with Crippen molar-refractivity contribution >= 4 is 21.6 Å². The number of fused-ring (bicyclic) bond motifs is 1. The number of nitrogens with one attached hydrogen (secondary N) is 2. The highest BCUT2D eigenvalue weighted by molar-refractivity contribution is 7.89. The maximum absolute atomic E-state index is 12.5. The smallest absolute Gasteiger partial charge is 0.246 e. The van der Waals surface area contributed by atoms with Gasteiger partial charge >= 0.3 is 0 Å². The molecule has 3 heterocycles. The van der Waals surface area contributed by atoms with E-state index in [1.165, 1.54) is 13.0 Å². The van der Waals surface area contributed by atoms with Crippen LogP contribution in [-0.2, 0) is 21.4 Å². The van der Waals surface area contributed by atoms with Crippen LogP contribution in [0.25, 0.3) is 0 Å². The lowest BCUT2D eigenvalue weighted by Crippen LogP contribution is -2.56. The number of likely N-dealkylation sites (tertiary alicyclic amines) is 1. The van der Waals surface area contributed by atoms with Gasteiger partial charge in [0.15, 0.2) is 0 Å². The molecule has 154 valence electrons.